The summed E-state index contributed by atoms with van der Waals surface area (Å²) in [7, 11) is 3.82. The number of hydrogen-bond acceptors (Lipinski definition) is 3. The van der Waals surface area contributed by atoms with E-state index in [1.165, 1.54) is 48.3 Å². The molecule has 1 aliphatic heterocycles. The summed E-state index contributed by atoms with van der Waals surface area (Å²) in [5.41, 5.74) is 6.17. The highest BCUT2D eigenvalue weighted by Crippen LogP contribution is 2.25. The quantitative estimate of drug-likeness (QED) is 0.355. The Balaban J connectivity index is 0.00000300. The second-order valence-electron chi connectivity index (χ2n) is 7.75. The number of guanidine groups is 1. The number of aryl methyl sites for hydroxylation is 3. The first-order valence-corrected chi connectivity index (χ1v) is 10.2. The number of halogens is 1. The molecule has 160 valence electrons. The van der Waals surface area contributed by atoms with E-state index in [-0.39, 0.29) is 24.0 Å². The number of aromatic nitrogens is 2. The summed E-state index contributed by atoms with van der Waals surface area (Å²) >= 11 is 0. The molecule has 1 saturated heterocycles. The molecule has 0 radical (unpaired) electrons. The van der Waals surface area contributed by atoms with Gasteiger partial charge in [-0.2, -0.15) is 5.10 Å². The van der Waals surface area contributed by atoms with Crippen LogP contribution in [0, 0.1) is 20.8 Å². The van der Waals surface area contributed by atoms with Crippen LogP contribution < -0.4 is 10.6 Å². The van der Waals surface area contributed by atoms with Crippen molar-refractivity contribution in [1.82, 2.24) is 25.3 Å². The van der Waals surface area contributed by atoms with Gasteiger partial charge in [-0.3, -0.25) is 14.6 Å². The van der Waals surface area contributed by atoms with Crippen LogP contribution in [0.3, 0.4) is 0 Å². The number of nitrogens with zero attached hydrogens (tertiary/aromatic N) is 4. The summed E-state index contributed by atoms with van der Waals surface area (Å²) in [6, 6.07) is 9.30. The maximum atomic E-state index is 4.50. The van der Waals surface area contributed by atoms with Crippen LogP contribution in [0.15, 0.2) is 29.3 Å². The van der Waals surface area contributed by atoms with E-state index < -0.39 is 0 Å². The van der Waals surface area contributed by atoms with E-state index in [1.807, 2.05) is 18.8 Å². The number of aliphatic imine (C=N–C) groups is 1. The van der Waals surface area contributed by atoms with Crippen molar-refractivity contribution in [2.75, 3.05) is 26.7 Å². The molecule has 0 spiro atoms. The lowest BCUT2D eigenvalue weighted by Gasteiger charge is -2.29. The maximum absolute atomic E-state index is 4.50. The van der Waals surface area contributed by atoms with Crippen LogP contribution in [0.25, 0.3) is 0 Å². The predicted octanol–water partition coefficient (Wildman–Crippen LogP) is 3.47. The first-order valence-electron chi connectivity index (χ1n) is 10.2. The van der Waals surface area contributed by atoms with Gasteiger partial charge in [-0.15, -0.1) is 24.0 Å². The molecule has 2 aromatic rings. The lowest BCUT2D eigenvalue weighted by Crippen LogP contribution is -2.42. The van der Waals surface area contributed by atoms with Gasteiger partial charge in [-0.1, -0.05) is 29.8 Å². The van der Waals surface area contributed by atoms with Crippen molar-refractivity contribution < 1.29 is 0 Å². The molecule has 0 amide bonds. The molecule has 3 rings (SSSR count). The third-order valence-electron chi connectivity index (χ3n) is 5.82. The first kappa shape index (κ1) is 23.7. The Kier molecular flexibility index (Phi) is 8.95. The number of likely N-dealkylation sites (tertiary alicyclic amines) is 1. The third kappa shape index (κ3) is 5.94. The predicted molar refractivity (Wildman–Crippen MR) is 131 cm³/mol. The van der Waals surface area contributed by atoms with Gasteiger partial charge in [0.1, 0.15) is 0 Å². The largest absolute Gasteiger partial charge is 0.354 e. The van der Waals surface area contributed by atoms with Gasteiger partial charge in [0.2, 0.25) is 0 Å². The summed E-state index contributed by atoms with van der Waals surface area (Å²) in [6.45, 7) is 10.2. The third-order valence-corrected chi connectivity index (χ3v) is 5.82. The van der Waals surface area contributed by atoms with Gasteiger partial charge in [0.15, 0.2) is 5.96 Å². The Hall–Kier alpha value is -1.61. The van der Waals surface area contributed by atoms with Crippen molar-refractivity contribution in [1.29, 1.82) is 0 Å². The fourth-order valence-electron chi connectivity index (χ4n) is 3.96. The van der Waals surface area contributed by atoms with Crippen LogP contribution in [-0.4, -0.2) is 47.3 Å². The van der Waals surface area contributed by atoms with Gasteiger partial charge >= 0.3 is 0 Å². The summed E-state index contributed by atoms with van der Waals surface area (Å²) in [5, 5.41) is 11.5. The van der Waals surface area contributed by atoms with Gasteiger partial charge in [0, 0.05) is 38.4 Å². The lowest BCUT2D eigenvalue weighted by atomic mass is 10.0. The SMILES string of the molecule is CN=C(NCc1c(C)nn(C)c1C)NCC(c1ccc(C)cc1)N1CCCC1.I. The average molecular weight is 510 g/mol. The summed E-state index contributed by atoms with van der Waals surface area (Å²) in [4.78, 5) is 7.01. The molecule has 1 fully saturated rings. The molecule has 1 aromatic heterocycles. The van der Waals surface area contributed by atoms with Crippen LogP contribution in [0.5, 0.6) is 0 Å². The summed E-state index contributed by atoms with van der Waals surface area (Å²) in [6.07, 6.45) is 2.57. The van der Waals surface area contributed by atoms with Gasteiger partial charge in [0.25, 0.3) is 0 Å². The highest BCUT2D eigenvalue weighted by Gasteiger charge is 2.23. The molecule has 0 bridgehead atoms. The van der Waals surface area contributed by atoms with Crippen molar-refractivity contribution in [3.63, 3.8) is 0 Å². The average Bonchev–Trinajstić information content (AvgIpc) is 3.29. The number of nitrogens with one attached hydrogen (secondary N) is 2. The van der Waals surface area contributed by atoms with Crippen LogP contribution in [0.1, 0.15) is 47.0 Å². The Morgan fingerprint density at radius 1 is 1.10 bits per heavy atom. The highest BCUT2D eigenvalue weighted by molar-refractivity contribution is 14.0. The minimum absolute atomic E-state index is 0. The van der Waals surface area contributed by atoms with E-state index in [1.54, 1.807) is 0 Å². The maximum Gasteiger partial charge on any atom is 0.191 e. The zero-order valence-corrected chi connectivity index (χ0v) is 20.7. The molecule has 7 heteroatoms. The minimum Gasteiger partial charge on any atom is -0.354 e. The van der Waals surface area contributed by atoms with E-state index in [9.17, 15) is 0 Å². The highest BCUT2D eigenvalue weighted by atomic mass is 127. The van der Waals surface area contributed by atoms with Crippen molar-refractivity contribution in [3.05, 3.63) is 52.3 Å². The first-order chi connectivity index (χ1) is 13.5. The Bertz CT molecular complexity index is 805. The van der Waals surface area contributed by atoms with Gasteiger partial charge in [-0.05, 0) is 52.3 Å². The normalized spacial score (nSPS) is 15.8. The molecule has 6 nitrogen and oxygen atoms in total. The molecular formula is C22H35IN6. The van der Waals surface area contributed by atoms with Gasteiger partial charge in [-0.25, -0.2) is 0 Å². The molecule has 0 aliphatic carbocycles. The Morgan fingerprint density at radius 3 is 2.31 bits per heavy atom. The van der Waals surface area contributed by atoms with E-state index in [0.29, 0.717) is 6.04 Å². The monoisotopic (exact) mass is 510 g/mol. The molecule has 0 saturated carbocycles. The molecule has 29 heavy (non-hydrogen) atoms. The second-order valence-corrected chi connectivity index (χ2v) is 7.75. The molecule has 1 aliphatic rings. The van der Waals surface area contributed by atoms with Crippen molar-refractivity contribution >= 4 is 29.9 Å². The fourth-order valence-corrected chi connectivity index (χ4v) is 3.96. The smallest absolute Gasteiger partial charge is 0.191 e. The zero-order valence-electron chi connectivity index (χ0n) is 18.3. The van der Waals surface area contributed by atoms with Crippen LogP contribution in [0.4, 0.5) is 0 Å². The lowest BCUT2D eigenvalue weighted by molar-refractivity contribution is 0.245. The molecule has 1 atom stereocenters. The van der Waals surface area contributed by atoms with Gasteiger partial charge < -0.3 is 10.6 Å². The number of benzene rings is 1. The van der Waals surface area contributed by atoms with Crippen molar-refractivity contribution in [3.8, 4) is 0 Å². The molecule has 2 heterocycles. The Labute approximate surface area is 192 Å². The topological polar surface area (TPSA) is 57.5 Å². The molecule has 2 N–H and O–H groups in total. The van der Waals surface area contributed by atoms with Crippen LogP contribution in [-0.2, 0) is 13.6 Å². The van der Waals surface area contributed by atoms with Crippen molar-refractivity contribution in [2.45, 2.75) is 46.2 Å². The van der Waals surface area contributed by atoms with E-state index >= 15 is 0 Å². The minimum atomic E-state index is 0. The van der Waals surface area contributed by atoms with Crippen LogP contribution >= 0.6 is 24.0 Å². The number of hydrogen-bond donors (Lipinski definition) is 2. The van der Waals surface area contributed by atoms with E-state index in [4.69, 9.17) is 0 Å². The Morgan fingerprint density at radius 2 is 1.76 bits per heavy atom. The summed E-state index contributed by atoms with van der Waals surface area (Å²) < 4.78 is 1.93. The second kappa shape index (κ2) is 11.0. The number of rotatable bonds is 6. The molecular weight excluding hydrogens is 475 g/mol. The van der Waals surface area contributed by atoms with E-state index in [0.717, 1.165) is 24.7 Å². The molecule has 1 aromatic carbocycles. The standard InChI is InChI=1S/C22H34N6.HI/c1-16-8-10-19(11-9-16)21(28-12-6-7-13-28)15-25-22(23-4)24-14-20-17(2)26-27(5)18(20)3;/h8-11,21H,6-7,12-15H2,1-5H3,(H2,23,24,25);1H. The summed E-state index contributed by atoms with van der Waals surface area (Å²) in [5.74, 6) is 0.832. The van der Waals surface area contributed by atoms with Crippen LogP contribution in [0.2, 0.25) is 0 Å². The zero-order chi connectivity index (χ0) is 20.1. The van der Waals surface area contributed by atoms with E-state index in [2.05, 4.69) is 70.7 Å². The fraction of sp³-hybridized carbons (Fsp3) is 0.545. The van der Waals surface area contributed by atoms with Crippen molar-refractivity contribution in [2.24, 2.45) is 12.0 Å². The van der Waals surface area contributed by atoms with Gasteiger partial charge in [0.05, 0.1) is 11.7 Å². The molecule has 1 unspecified atom stereocenters.